The van der Waals surface area contributed by atoms with Crippen molar-refractivity contribution in [2.45, 2.75) is 45.3 Å². The summed E-state index contributed by atoms with van der Waals surface area (Å²) >= 11 is 0. The Morgan fingerprint density at radius 1 is 1.03 bits per heavy atom. The largest absolute Gasteiger partial charge is 0.494 e. The first kappa shape index (κ1) is 23.1. The van der Waals surface area contributed by atoms with E-state index in [1.807, 2.05) is 82.3 Å². The van der Waals surface area contributed by atoms with Gasteiger partial charge in [0.25, 0.3) is 0 Å². The van der Waals surface area contributed by atoms with E-state index in [9.17, 15) is 4.79 Å². The molecule has 3 aromatic rings. The fourth-order valence-corrected chi connectivity index (χ4v) is 3.63. The predicted octanol–water partition coefficient (Wildman–Crippen LogP) is 4.19. The molecule has 7 nitrogen and oxygen atoms in total. The molecule has 1 aliphatic heterocycles. The Morgan fingerprint density at radius 2 is 1.67 bits per heavy atom. The number of anilines is 1. The van der Waals surface area contributed by atoms with Crippen molar-refractivity contribution in [1.29, 1.82) is 0 Å². The van der Waals surface area contributed by atoms with E-state index in [0.717, 1.165) is 22.2 Å². The quantitative estimate of drug-likeness (QED) is 0.574. The number of nitrogens with zero attached hydrogens (tertiary/aromatic N) is 2. The number of hydrogen-bond donors (Lipinski definition) is 1. The Labute approximate surface area is 195 Å². The lowest BCUT2D eigenvalue weighted by atomic mass is 9.78. The number of amides is 1. The second kappa shape index (κ2) is 9.04. The molecular weight excluding hydrogens is 417 g/mol. The molecule has 2 heterocycles. The lowest BCUT2D eigenvalue weighted by Crippen LogP contribution is -2.41. The van der Waals surface area contributed by atoms with Crippen LogP contribution in [0.3, 0.4) is 0 Å². The van der Waals surface area contributed by atoms with Crippen LogP contribution in [0.2, 0.25) is 0 Å². The van der Waals surface area contributed by atoms with Crippen LogP contribution in [0.15, 0.2) is 60.8 Å². The van der Waals surface area contributed by atoms with Gasteiger partial charge in [-0.2, -0.15) is 5.10 Å². The molecule has 172 valence electrons. The highest BCUT2D eigenvalue weighted by molar-refractivity contribution is 6.62. The zero-order valence-corrected chi connectivity index (χ0v) is 19.8. The van der Waals surface area contributed by atoms with Crippen molar-refractivity contribution in [2.24, 2.45) is 0 Å². The van der Waals surface area contributed by atoms with Crippen LogP contribution in [-0.2, 0) is 20.5 Å². The minimum Gasteiger partial charge on any atom is -0.449 e. The number of aromatic amines is 1. The van der Waals surface area contributed by atoms with E-state index in [4.69, 9.17) is 14.0 Å². The highest BCUT2D eigenvalue weighted by Crippen LogP contribution is 2.36. The van der Waals surface area contributed by atoms with Crippen LogP contribution in [-0.4, -0.2) is 48.3 Å². The third kappa shape index (κ3) is 4.82. The summed E-state index contributed by atoms with van der Waals surface area (Å²) in [6, 6.07) is 17.8. The molecule has 0 atom stereocenters. The van der Waals surface area contributed by atoms with Crippen molar-refractivity contribution in [3.63, 3.8) is 0 Å². The standard InChI is InChI=1S/C25H30BN3O4/c1-24(2)25(3,4)33-26(32-24)20-13-11-19(12-14-20)21-17-27-28-22(21)29(5)23(30)31-16-15-18-9-7-6-8-10-18/h6-14,17H,15-16H2,1-5H3,(H,27,28). The molecule has 1 saturated heterocycles. The Morgan fingerprint density at radius 3 is 2.30 bits per heavy atom. The fourth-order valence-electron chi connectivity index (χ4n) is 3.63. The fraction of sp³-hybridized carbons (Fsp3) is 0.360. The van der Waals surface area contributed by atoms with E-state index in [0.29, 0.717) is 18.8 Å². The van der Waals surface area contributed by atoms with Gasteiger partial charge in [-0.15, -0.1) is 0 Å². The summed E-state index contributed by atoms with van der Waals surface area (Å²) < 4.78 is 17.7. The molecule has 4 rings (SSSR count). The smallest absolute Gasteiger partial charge is 0.449 e. The highest BCUT2D eigenvalue weighted by atomic mass is 16.7. The number of rotatable bonds is 6. The lowest BCUT2D eigenvalue weighted by molar-refractivity contribution is 0.00578. The third-order valence-corrected chi connectivity index (χ3v) is 6.43. The third-order valence-electron chi connectivity index (χ3n) is 6.43. The van der Waals surface area contributed by atoms with Crippen LogP contribution >= 0.6 is 0 Å². The molecule has 0 saturated carbocycles. The van der Waals surface area contributed by atoms with Crippen molar-refractivity contribution in [3.05, 3.63) is 66.4 Å². The number of H-pyrrole nitrogens is 1. The van der Waals surface area contributed by atoms with Crippen molar-refractivity contribution in [1.82, 2.24) is 10.2 Å². The molecule has 1 aromatic heterocycles. The van der Waals surface area contributed by atoms with E-state index < -0.39 is 24.4 Å². The number of hydrogen-bond acceptors (Lipinski definition) is 5. The topological polar surface area (TPSA) is 76.7 Å². The molecule has 1 N–H and O–H groups in total. The minimum absolute atomic E-state index is 0.305. The second-order valence-electron chi connectivity index (χ2n) is 9.25. The summed E-state index contributed by atoms with van der Waals surface area (Å²) in [7, 11) is 1.25. The van der Waals surface area contributed by atoms with E-state index in [1.54, 1.807) is 13.2 Å². The maximum absolute atomic E-state index is 12.6. The molecule has 0 bridgehead atoms. The van der Waals surface area contributed by atoms with Gasteiger partial charge in [0.2, 0.25) is 0 Å². The average Bonchev–Trinajstić information content (AvgIpc) is 3.36. The first-order chi connectivity index (χ1) is 15.7. The number of carbonyl (C=O) groups is 1. The summed E-state index contributed by atoms with van der Waals surface area (Å²) in [5.74, 6) is 0.572. The number of nitrogens with one attached hydrogen (secondary N) is 1. The van der Waals surface area contributed by atoms with Gasteiger partial charge in [-0.3, -0.25) is 10.00 Å². The van der Waals surface area contributed by atoms with Crippen LogP contribution in [0.4, 0.5) is 10.6 Å². The highest BCUT2D eigenvalue weighted by Gasteiger charge is 2.51. The Bertz CT molecular complexity index is 1080. The summed E-state index contributed by atoms with van der Waals surface area (Å²) in [4.78, 5) is 14.0. The predicted molar refractivity (Wildman–Crippen MR) is 130 cm³/mol. The Kier molecular flexibility index (Phi) is 6.32. The molecule has 0 radical (unpaired) electrons. The molecule has 2 aromatic carbocycles. The maximum Gasteiger partial charge on any atom is 0.494 e. The van der Waals surface area contributed by atoms with Crippen LogP contribution < -0.4 is 10.4 Å². The molecule has 1 fully saturated rings. The molecular formula is C25H30BN3O4. The monoisotopic (exact) mass is 447 g/mol. The number of carbonyl (C=O) groups excluding carboxylic acids is 1. The zero-order chi connectivity index (χ0) is 23.6. The van der Waals surface area contributed by atoms with Crippen molar-refractivity contribution < 1.29 is 18.8 Å². The average molecular weight is 447 g/mol. The molecule has 0 unspecified atom stereocenters. The summed E-state index contributed by atoms with van der Waals surface area (Å²) in [6.45, 7) is 8.45. The van der Waals surface area contributed by atoms with Crippen LogP contribution in [0.5, 0.6) is 0 Å². The number of aromatic nitrogens is 2. The van der Waals surface area contributed by atoms with Gasteiger partial charge in [-0.25, -0.2) is 4.79 Å². The molecule has 1 amide bonds. The normalized spacial score (nSPS) is 16.6. The summed E-state index contributed by atoms with van der Waals surface area (Å²) in [5, 5.41) is 7.05. The van der Waals surface area contributed by atoms with Crippen molar-refractivity contribution >= 4 is 24.5 Å². The molecule has 0 aliphatic carbocycles. The first-order valence-electron chi connectivity index (χ1n) is 11.1. The summed E-state index contributed by atoms with van der Waals surface area (Å²) in [5.41, 5.74) is 3.00. The van der Waals surface area contributed by atoms with E-state index >= 15 is 0 Å². The SMILES string of the molecule is CN(C(=O)OCCc1ccccc1)c1[nH]ncc1-c1ccc(B2OC(C)(C)C(C)(C)O2)cc1. The van der Waals surface area contributed by atoms with Gasteiger partial charge < -0.3 is 14.0 Å². The Balaban J connectivity index is 1.42. The molecule has 33 heavy (non-hydrogen) atoms. The van der Waals surface area contributed by atoms with E-state index in [2.05, 4.69) is 10.2 Å². The maximum atomic E-state index is 12.6. The number of ether oxygens (including phenoxy) is 1. The zero-order valence-electron chi connectivity index (χ0n) is 19.8. The minimum atomic E-state index is -0.440. The molecule has 1 aliphatic rings. The van der Waals surface area contributed by atoms with E-state index in [1.165, 1.54) is 4.90 Å². The molecule has 0 spiro atoms. The van der Waals surface area contributed by atoms with Gasteiger partial charge in [-0.1, -0.05) is 54.6 Å². The van der Waals surface area contributed by atoms with Crippen LogP contribution in [0.1, 0.15) is 33.3 Å². The van der Waals surface area contributed by atoms with Gasteiger partial charge in [0.15, 0.2) is 0 Å². The second-order valence-corrected chi connectivity index (χ2v) is 9.25. The Hall–Kier alpha value is -3.10. The van der Waals surface area contributed by atoms with Gasteiger partial charge >= 0.3 is 13.2 Å². The summed E-state index contributed by atoms with van der Waals surface area (Å²) in [6.07, 6.45) is 1.93. The van der Waals surface area contributed by atoms with Crippen LogP contribution in [0.25, 0.3) is 11.1 Å². The van der Waals surface area contributed by atoms with Crippen LogP contribution in [0, 0.1) is 0 Å². The van der Waals surface area contributed by atoms with Crippen molar-refractivity contribution in [3.8, 4) is 11.1 Å². The first-order valence-corrected chi connectivity index (χ1v) is 11.1. The van der Waals surface area contributed by atoms with Gasteiger partial charge in [0.1, 0.15) is 5.82 Å². The van der Waals surface area contributed by atoms with Gasteiger partial charge in [0, 0.05) is 19.0 Å². The van der Waals surface area contributed by atoms with Crippen molar-refractivity contribution in [2.75, 3.05) is 18.6 Å². The van der Waals surface area contributed by atoms with E-state index in [-0.39, 0.29) is 0 Å². The van der Waals surface area contributed by atoms with Gasteiger partial charge in [0.05, 0.1) is 24.0 Å². The molecule has 8 heteroatoms. The lowest BCUT2D eigenvalue weighted by Gasteiger charge is -2.32. The van der Waals surface area contributed by atoms with Gasteiger partial charge in [-0.05, 0) is 44.3 Å². The number of benzene rings is 2.